The molecule has 4 N–H and O–H groups in total. The van der Waals surface area contributed by atoms with Gasteiger partial charge in [0, 0.05) is 25.4 Å². The fraction of sp³-hybridized carbons (Fsp3) is 0.105. The van der Waals surface area contributed by atoms with Crippen molar-refractivity contribution in [2.75, 3.05) is 5.32 Å². The molecule has 0 bridgehead atoms. The zero-order chi connectivity index (χ0) is 20.0. The molecule has 28 heavy (non-hydrogen) atoms. The van der Waals surface area contributed by atoms with Gasteiger partial charge >= 0.3 is 0 Å². The van der Waals surface area contributed by atoms with Gasteiger partial charge in [-0.05, 0) is 18.2 Å². The van der Waals surface area contributed by atoms with E-state index >= 15 is 4.39 Å². The van der Waals surface area contributed by atoms with Crippen LogP contribution in [0.2, 0.25) is 0 Å². The number of nitrogens with zero attached hydrogens (tertiary/aromatic N) is 2. The zero-order valence-corrected chi connectivity index (χ0v) is 14.7. The number of aromatic amines is 1. The van der Waals surface area contributed by atoms with Crippen LogP contribution < -0.4 is 16.5 Å². The van der Waals surface area contributed by atoms with Crippen molar-refractivity contribution in [2.24, 2.45) is 12.8 Å². The third kappa shape index (κ3) is 2.77. The Kier molecular flexibility index (Phi) is 4.07. The van der Waals surface area contributed by atoms with Gasteiger partial charge in [0.1, 0.15) is 11.4 Å². The van der Waals surface area contributed by atoms with Crippen LogP contribution in [0.3, 0.4) is 0 Å². The normalized spacial score (nSPS) is 11.2. The summed E-state index contributed by atoms with van der Waals surface area (Å²) in [5.41, 5.74) is 5.15. The van der Waals surface area contributed by atoms with Crippen LogP contribution in [-0.2, 0) is 13.6 Å². The van der Waals surface area contributed by atoms with Gasteiger partial charge in [0.25, 0.3) is 5.91 Å². The largest absolute Gasteiger partial charge is 0.365 e. The summed E-state index contributed by atoms with van der Waals surface area (Å²) < 4.78 is 30.8. The van der Waals surface area contributed by atoms with E-state index in [1.165, 1.54) is 11.6 Å². The van der Waals surface area contributed by atoms with Crippen molar-refractivity contribution >= 4 is 33.8 Å². The van der Waals surface area contributed by atoms with Crippen molar-refractivity contribution < 1.29 is 13.6 Å². The highest BCUT2D eigenvalue weighted by Crippen LogP contribution is 2.23. The molecule has 0 fully saturated rings. The van der Waals surface area contributed by atoms with Gasteiger partial charge in [0.2, 0.25) is 11.4 Å². The minimum Gasteiger partial charge on any atom is -0.365 e. The summed E-state index contributed by atoms with van der Waals surface area (Å²) >= 11 is 0. The van der Waals surface area contributed by atoms with Gasteiger partial charge in [-0.15, -0.1) is 0 Å². The number of aromatic nitrogens is 3. The molecule has 0 unspecified atom stereocenters. The van der Waals surface area contributed by atoms with Crippen LogP contribution in [0.5, 0.6) is 0 Å². The maximum Gasteiger partial charge on any atom is 0.254 e. The predicted octanol–water partition coefficient (Wildman–Crippen LogP) is 2.40. The van der Waals surface area contributed by atoms with Gasteiger partial charge in [-0.3, -0.25) is 9.59 Å². The predicted molar refractivity (Wildman–Crippen MR) is 101 cm³/mol. The van der Waals surface area contributed by atoms with E-state index in [4.69, 9.17) is 5.73 Å². The van der Waals surface area contributed by atoms with Crippen LogP contribution in [0.15, 0.2) is 41.3 Å². The SMILES string of the molecule is Cn1cc(C(N)=O)c(=O)c2cc(F)c(CNc3nc4ccccc4[nH]3)c(F)c21. The van der Waals surface area contributed by atoms with E-state index in [0.717, 1.165) is 17.8 Å². The van der Waals surface area contributed by atoms with Gasteiger partial charge in [0.05, 0.1) is 21.9 Å². The van der Waals surface area contributed by atoms with E-state index < -0.39 is 23.0 Å². The second-order valence-corrected chi connectivity index (χ2v) is 6.35. The maximum absolute atomic E-state index is 15.0. The van der Waals surface area contributed by atoms with Gasteiger partial charge in [-0.1, -0.05) is 12.1 Å². The number of amides is 1. The summed E-state index contributed by atoms with van der Waals surface area (Å²) in [6.07, 6.45) is 1.14. The fourth-order valence-electron chi connectivity index (χ4n) is 3.17. The van der Waals surface area contributed by atoms with Crippen molar-refractivity contribution in [3.05, 3.63) is 69.5 Å². The van der Waals surface area contributed by atoms with Crippen molar-refractivity contribution in [3.63, 3.8) is 0 Å². The number of nitrogens with one attached hydrogen (secondary N) is 2. The first-order valence-corrected chi connectivity index (χ1v) is 8.35. The molecule has 4 rings (SSSR count). The van der Waals surface area contributed by atoms with E-state index in [0.29, 0.717) is 11.5 Å². The third-order valence-electron chi connectivity index (χ3n) is 4.54. The number of H-pyrrole nitrogens is 1. The molecule has 2 aromatic carbocycles. The zero-order valence-electron chi connectivity index (χ0n) is 14.7. The quantitative estimate of drug-likeness (QED) is 0.503. The average molecular weight is 383 g/mol. The number of pyridine rings is 1. The molecule has 0 aliphatic rings. The Morgan fingerprint density at radius 3 is 2.79 bits per heavy atom. The number of anilines is 1. The fourth-order valence-corrected chi connectivity index (χ4v) is 3.17. The number of hydrogen-bond acceptors (Lipinski definition) is 4. The average Bonchev–Trinajstić information content (AvgIpc) is 3.06. The first kappa shape index (κ1) is 17.7. The van der Waals surface area contributed by atoms with Crippen LogP contribution >= 0.6 is 0 Å². The number of benzene rings is 2. The molecule has 0 aliphatic carbocycles. The molecule has 9 heteroatoms. The number of halogens is 2. The molecule has 7 nitrogen and oxygen atoms in total. The standard InChI is InChI=1S/C19H15F2N5O2/c1-26-8-11(18(22)28)17(27)9-6-12(20)10(15(21)16(9)26)7-23-19-24-13-4-2-3-5-14(13)25-19/h2-6,8H,7H2,1H3,(H2,22,28)(H2,23,24,25). The van der Waals surface area contributed by atoms with Gasteiger partial charge in [-0.25, -0.2) is 13.8 Å². The molecule has 0 spiro atoms. The molecule has 2 heterocycles. The highest BCUT2D eigenvalue weighted by molar-refractivity contribution is 5.96. The topological polar surface area (TPSA) is 106 Å². The lowest BCUT2D eigenvalue weighted by molar-refractivity contribution is 0.0999. The van der Waals surface area contributed by atoms with E-state index in [2.05, 4.69) is 15.3 Å². The maximum atomic E-state index is 15.0. The number of hydrogen-bond donors (Lipinski definition) is 3. The summed E-state index contributed by atoms with van der Waals surface area (Å²) in [6, 6.07) is 8.23. The Morgan fingerprint density at radius 2 is 2.07 bits per heavy atom. The number of carbonyl (C=O) groups excluding carboxylic acids is 1. The molecule has 142 valence electrons. The monoisotopic (exact) mass is 383 g/mol. The molecule has 0 radical (unpaired) electrons. The summed E-state index contributed by atoms with van der Waals surface area (Å²) in [5.74, 6) is -2.40. The molecule has 0 aliphatic heterocycles. The highest BCUT2D eigenvalue weighted by Gasteiger charge is 2.20. The van der Waals surface area contributed by atoms with Gasteiger partial charge in [-0.2, -0.15) is 0 Å². The van der Waals surface area contributed by atoms with E-state index in [-0.39, 0.29) is 28.6 Å². The van der Waals surface area contributed by atoms with Gasteiger partial charge < -0.3 is 20.6 Å². The molecule has 0 atom stereocenters. The van der Waals surface area contributed by atoms with E-state index in [9.17, 15) is 14.0 Å². The molecule has 0 saturated carbocycles. The number of nitrogens with two attached hydrogens (primary N) is 1. The smallest absolute Gasteiger partial charge is 0.254 e. The summed E-state index contributed by atoms with van der Waals surface area (Å²) in [7, 11) is 1.45. The first-order chi connectivity index (χ1) is 13.4. The second-order valence-electron chi connectivity index (χ2n) is 6.35. The van der Waals surface area contributed by atoms with E-state index in [1.807, 2.05) is 18.2 Å². The highest BCUT2D eigenvalue weighted by atomic mass is 19.1. The van der Waals surface area contributed by atoms with Crippen LogP contribution in [-0.4, -0.2) is 20.4 Å². The van der Waals surface area contributed by atoms with Crippen molar-refractivity contribution in [1.82, 2.24) is 14.5 Å². The van der Waals surface area contributed by atoms with Crippen molar-refractivity contribution in [1.29, 1.82) is 0 Å². The second kappa shape index (κ2) is 6.45. The van der Waals surface area contributed by atoms with Crippen LogP contribution in [0, 0.1) is 11.6 Å². The Hall–Kier alpha value is -3.75. The molecular formula is C19H15F2N5O2. The van der Waals surface area contributed by atoms with Crippen LogP contribution in [0.25, 0.3) is 21.9 Å². The minimum atomic E-state index is -0.959. The number of para-hydroxylation sites is 2. The summed E-state index contributed by atoms with van der Waals surface area (Å²) in [5, 5.41) is 2.60. The molecular weight excluding hydrogens is 368 g/mol. The van der Waals surface area contributed by atoms with Crippen LogP contribution in [0.1, 0.15) is 15.9 Å². The first-order valence-electron chi connectivity index (χ1n) is 8.35. The third-order valence-corrected chi connectivity index (χ3v) is 4.54. The number of rotatable bonds is 4. The number of primary amides is 1. The Morgan fingerprint density at radius 1 is 1.32 bits per heavy atom. The number of fused-ring (bicyclic) bond motifs is 2. The molecule has 2 aromatic heterocycles. The Balaban J connectivity index is 1.77. The molecule has 4 aromatic rings. The number of aryl methyl sites for hydroxylation is 1. The summed E-state index contributed by atoms with van der Waals surface area (Å²) in [6.45, 7) is -0.195. The summed E-state index contributed by atoms with van der Waals surface area (Å²) in [4.78, 5) is 31.0. The molecule has 0 saturated heterocycles. The van der Waals surface area contributed by atoms with Crippen molar-refractivity contribution in [3.8, 4) is 0 Å². The number of imidazole rings is 1. The minimum absolute atomic E-state index is 0.113. The lowest BCUT2D eigenvalue weighted by atomic mass is 10.1. The lowest BCUT2D eigenvalue weighted by Crippen LogP contribution is -2.24. The Bertz CT molecular complexity index is 1280. The van der Waals surface area contributed by atoms with Crippen molar-refractivity contribution in [2.45, 2.75) is 6.54 Å². The number of carbonyl (C=O) groups is 1. The molecule has 1 amide bonds. The van der Waals surface area contributed by atoms with Crippen LogP contribution in [0.4, 0.5) is 14.7 Å². The van der Waals surface area contributed by atoms with Gasteiger partial charge in [0.15, 0.2) is 5.82 Å². The Labute approximate surface area is 156 Å². The van der Waals surface area contributed by atoms with E-state index in [1.54, 1.807) is 6.07 Å². The lowest BCUT2D eigenvalue weighted by Gasteiger charge is -2.13.